The Labute approximate surface area is 271 Å². The van der Waals surface area contributed by atoms with Gasteiger partial charge in [-0.05, 0) is 57.7 Å². The topological polar surface area (TPSA) is 110 Å². The number of anilines is 1. The SMILES string of the molecule is CCOC(=O)CCCC[N+]1=C(/C=C2\C(=O)C(/C=C3/N(CCCCC(=O)O)c4ccccc4C3(C)C)=C2[O-])C(C)(C)c2ccccc21. The second-order valence-electron chi connectivity index (χ2n) is 13.2. The minimum absolute atomic E-state index is 0.0991. The standard InChI is InChI=1S/C38H44N2O6/c1-6-46-34(43)20-12-14-22-40-30-18-10-8-16-28(30)38(4,5)32(40)24-26-35(44)25(36(26)45)23-31-37(2,3)27-15-7-9-17-29(27)39(31)21-13-11-19-33(41)42/h7-10,15-18,23-24H,6,11-14,19-22H2,1-5H3,(H-,41,42,44,45). The molecule has 46 heavy (non-hydrogen) atoms. The number of allylic oxidation sites excluding steroid dienone is 5. The maximum Gasteiger partial charge on any atom is 0.305 e. The number of carboxylic acid groups (broad SMARTS) is 1. The number of hydrogen-bond donors (Lipinski definition) is 1. The molecule has 0 spiro atoms. The number of ketones is 1. The van der Waals surface area contributed by atoms with Crippen molar-refractivity contribution in [1.82, 2.24) is 0 Å². The number of fused-ring (bicyclic) bond motifs is 2. The normalized spacial score (nSPS) is 19.5. The maximum absolute atomic E-state index is 13.7. The zero-order chi connectivity index (χ0) is 33.2. The van der Waals surface area contributed by atoms with Gasteiger partial charge in [-0.15, -0.1) is 0 Å². The van der Waals surface area contributed by atoms with Crippen molar-refractivity contribution in [3.63, 3.8) is 0 Å². The van der Waals surface area contributed by atoms with Crippen LogP contribution in [0.15, 0.2) is 83.3 Å². The molecular weight excluding hydrogens is 580 g/mol. The Kier molecular flexibility index (Phi) is 9.38. The Morgan fingerprint density at radius 3 is 2.28 bits per heavy atom. The quantitative estimate of drug-likeness (QED) is 0.129. The number of hydrogen-bond acceptors (Lipinski definition) is 6. The Morgan fingerprint density at radius 1 is 0.913 bits per heavy atom. The molecule has 242 valence electrons. The van der Waals surface area contributed by atoms with Gasteiger partial charge in [0.25, 0.3) is 0 Å². The predicted molar refractivity (Wildman–Crippen MR) is 176 cm³/mol. The summed E-state index contributed by atoms with van der Waals surface area (Å²) in [7, 11) is 0. The average Bonchev–Trinajstić information content (AvgIpc) is 3.37. The Bertz CT molecular complexity index is 1690. The van der Waals surface area contributed by atoms with Crippen molar-refractivity contribution in [3.05, 3.63) is 94.4 Å². The van der Waals surface area contributed by atoms with Crippen LogP contribution < -0.4 is 10.0 Å². The molecule has 0 unspecified atom stereocenters. The minimum atomic E-state index is -0.819. The van der Waals surface area contributed by atoms with E-state index in [0.717, 1.165) is 40.3 Å². The largest absolute Gasteiger partial charge is 0.871 e. The fourth-order valence-electron chi connectivity index (χ4n) is 6.97. The van der Waals surface area contributed by atoms with Gasteiger partial charge in [0.2, 0.25) is 5.69 Å². The van der Waals surface area contributed by atoms with Crippen molar-refractivity contribution in [1.29, 1.82) is 0 Å². The number of esters is 1. The number of ether oxygens (including phenoxy) is 1. The zero-order valence-electron chi connectivity index (χ0n) is 27.5. The third-order valence-electron chi connectivity index (χ3n) is 9.48. The molecule has 2 aliphatic heterocycles. The number of nitrogens with zero attached hydrogens (tertiary/aromatic N) is 2. The van der Waals surface area contributed by atoms with Crippen molar-refractivity contribution in [2.24, 2.45) is 0 Å². The lowest BCUT2D eigenvalue weighted by Crippen LogP contribution is -2.35. The van der Waals surface area contributed by atoms with Crippen LogP contribution in [0.25, 0.3) is 0 Å². The first-order valence-electron chi connectivity index (χ1n) is 16.3. The van der Waals surface area contributed by atoms with E-state index in [1.165, 1.54) is 0 Å². The van der Waals surface area contributed by atoms with Gasteiger partial charge in [0, 0.05) is 71.5 Å². The fraction of sp³-hybridized carbons (Fsp3) is 0.421. The highest BCUT2D eigenvalue weighted by molar-refractivity contribution is 6.24. The monoisotopic (exact) mass is 624 g/mol. The van der Waals surface area contributed by atoms with Gasteiger partial charge in [-0.25, -0.2) is 0 Å². The lowest BCUT2D eigenvalue weighted by atomic mass is 9.77. The lowest BCUT2D eigenvalue weighted by Gasteiger charge is -2.33. The molecule has 2 aromatic carbocycles. The van der Waals surface area contributed by atoms with Crippen molar-refractivity contribution in [3.8, 4) is 0 Å². The first kappa shape index (κ1) is 32.9. The second-order valence-corrected chi connectivity index (χ2v) is 13.2. The van der Waals surface area contributed by atoms with E-state index in [2.05, 4.69) is 55.4 Å². The van der Waals surface area contributed by atoms with E-state index < -0.39 is 16.8 Å². The smallest absolute Gasteiger partial charge is 0.305 e. The van der Waals surface area contributed by atoms with E-state index in [9.17, 15) is 19.5 Å². The molecular formula is C38H44N2O6. The van der Waals surface area contributed by atoms with Crippen LogP contribution in [0.1, 0.15) is 84.3 Å². The second kappa shape index (κ2) is 13.1. The number of carboxylic acids is 1. The summed E-state index contributed by atoms with van der Waals surface area (Å²) in [6, 6.07) is 16.2. The van der Waals surface area contributed by atoms with Gasteiger partial charge in [0.05, 0.1) is 12.0 Å². The molecule has 5 rings (SSSR count). The molecule has 0 radical (unpaired) electrons. The van der Waals surface area contributed by atoms with Crippen LogP contribution >= 0.6 is 0 Å². The lowest BCUT2D eigenvalue weighted by molar-refractivity contribution is -0.438. The summed E-state index contributed by atoms with van der Waals surface area (Å²) in [5.74, 6) is -1.56. The molecule has 8 nitrogen and oxygen atoms in total. The third kappa shape index (κ3) is 6.05. The number of para-hydroxylation sites is 2. The van der Waals surface area contributed by atoms with Crippen LogP contribution in [-0.4, -0.2) is 52.8 Å². The number of carbonyl (C=O) groups excluding carboxylic acids is 2. The highest BCUT2D eigenvalue weighted by Crippen LogP contribution is 2.49. The highest BCUT2D eigenvalue weighted by Gasteiger charge is 2.46. The number of rotatable bonds is 13. The van der Waals surface area contributed by atoms with Crippen molar-refractivity contribution in [2.75, 3.05) is 24.6 Å². The molecule has 2 heterocycles. The summed E-state index contributed by atoms with van der Waals surface area (Å²) < 4.78 is 7.26. The van der Waals surface area contributed by atoms with E-state index in [1.54, 1.807) is 19.1 Å². The summed E-state index contributed by atoms with van der Waals surface area (Å²) in [4.78, 5) is 38.8. The summed E-state index contributed by atoms with van der Waals surface area (Å²) in [5.41, 5.74) is 5.53. The summed E-state index contributed by atoms with van der Waals surface area (Å²) in [5, 5.41) is 22.8. The van der Waals surface area contributed by atoms with Gasteiger partial charge in [0.15, 0.2) is 11.5 Å². The van der Waals surface area contributed by atoms with E-state index >= 15 is 0 Å². The molecule has 0 saturated heterocycles. The molecule has 1 aliphatic carbocycles. The Morgan fingerprint density at radius 2 is 1.59 bits per heavy atom. The predicted octanol–water partition coefficient (Wildman–Crippen LogP) is 5.86. The van der Waals surface area contributed by atoms with E-state index in [1.807, 2.05) is 30.3 Å². The number of Topliss-reactive ketones (excluding diaryl/α,β-unsaturated/α-hetero) is 1. The van der Waals surface area contributed by atoms with Gasteiger partial charge in [-0.3, -0.25) is 14.4 Å². The average molecular weight is 625 g/mol. The molecule has 0 atom stereocenters. The van der Waals surface area contributed by atoms with Crippen LogP contribution in [0.5, 0.6) is 0 Å². The molecule has 2 aromatic rings. The molecule has 3 aliphatic rings. The first-order valence-corrected chi connectivity index (χ1v) is 16.3. The summed E-state index contributed by atoms with van der Waals surface area (Å²) in [6.07, 6.45) is 6.61. The van der Waals surface area contributed by atoms with E-state index in [4.69, 9.17) is 9.84 Å². The van der Waals surface area contributed by atoms with Crippen molar-refractivity contribution < 1.29 is 33.9 Å². The minimum Gasteiger partial charge on any atom is -0.871 e. The van der Waals surface area contributed by atoms with Gasteiger partial charge >= 0.3 is 11.9 Å². The van der Waals surface area contributed by atoms with Crippen LogP contribution in [0.3, 0.4) is 0 Å². The number of aliphatic carboxylic acids is 1. The van der Waals surface area contributed by atoms with Gasteiger partial charge in [-0.2, -0.15) is 4.58 Å². The van der Waals surface area contributed by atoms with Crippen LogP contribution in [0.2, 0.25) is 0 Å². The maximum atomic E-state index is 13.7. The number of benzene rings is 2. The van der Waals surface area contributed by atoms with Crippen LogP contribution in [-0.2, 0) is 30.0 Å². The zero-order valence-corrected chi connectivity index (χ0v) is 27.5. The third-order valence-corrected chi connectivity index (χ3v) is 9.48. The van der Waals surface area contributed by atoms with Gasteiger partial charge < -0.3 is 19.8 Å². The fourth-order valence-corrected chi connectivity index (χ4v) is 6.97. The Balaban J connectivity index is 1.47. The highest BCUT2D eigenvalue weighted by atomic mass is 16.5. The first-order chi connectivity index (χ1) is 21.9. The van der Waals surface area contributed by atoms with Gasteiger partial charge in [0.1, 0.15) is 6.54 Å². The van der Waals surface area contributed by atoms with E-state index in [0.29, 0.717) is 45.4 Å². The molecule has 0 bridgehead atoms. The van der Waals surface area contributed by atoms with Crippen LogP contribution in [0, 0.1) is 0 Å². The van der Waals surface area contributed by atoms with Gasteiger partial charge in [-0.1, -0.05) is 56.0 Å². The Hall–Kier alpha value is -4.46. The van der Waals surface area contributed by atoms with Crippen molar-refractivity contribution >= 4 is 34.8 Å². The summed E-state index contributed by atoms with van der Waals surface area (Å²) in [6.45, 7) is 11.8. The molecule has 0 fully saturated rings. The van der Waals surface area contributed by atoms with Crippen molar-refractivity contribution in [2.45, 2.75) is 84.0 Å². The number of unbranched alkanes of at least 4 members (excludes halogenated alkanes) is 2. The summed E-state index contributed by atoms with van der Waals surface area (Å²) >= 11 is 0. The molecule has 0 amide bonds. The number of carbonyl (C=O) groups is 3. The molecule has 0 saturated carbocycles. The van der Waals surface area contributed by atoms with Crippen LogP contribution in [0.4, 0.5) is 11.4 Å². The molecule has 0 aromatic heterocycles. The van der Waals surface area contributed by atoms with E-state index in [-0.39, 0.29) is 35.1 Å². The molecule has 1 N–H and O–H groups in total. The molecule has 8 heteroatoms.